The van der Waals surface area contributed by atoms with Crippen LogP contribution in [0.1, 0.15) is 97.1 Å². The predicted molar refractivity (Wildman–Crippen MR) is 149 cm³/mol. The minimum atomic E-state index is -2.66. The van der Waals surface area contributed by atoms with E-state index >= 15 is 0 Å². The number of hydrogen-bond donors (Lipinski definition) is 1. The molecule has 40 heavy (non-hydrogen) atoms. The van der Waals surface area contributed by atoms with Crippen LogP contribution in [0.2, 0.25) is 0 Å². The second kappa shape index (κ2) is 11.0. The molecule has 1 N–H and O–H groups in total. The highest BCUT2D eigenvalue weighted by Crippen LogP contribution is 2.48. The molecular formula is C31H44F2N4O3. The van der Waals surface area contributed by atoms with Crippen LogP contribution < -0.4 is 5.32 Å². The summed E-state index contributed by atoms with van der Waals surface area (Å²) in [7, 11) is 0. The number of fused-ring (bicyclic) bond motifs is 2. The number of halogens is 2. The van der Waals surface area contributed by atoms with Gasteiger partial charge < -0.3 is 10.2 Å². The highest BCUT2D eigenvalue weighted by atomic mass is 19.3. The summed E-state index contributed by atoms with van der Waals surface area (Å²) in [4.78, 5) is 46.1. The predicted octanol–water partition coefficient (Wildman–Crippen LogP) is 5.51. The summed E-state index contributed by atoms with van der Waals surface area (Å²) >= 11 is 0. The minimum Gasteiger partial charge on any atom is -0.349 e. The van der Waals surface area contributed by atoms with Crippen molar-refractivity contribution in [3.05, 3.63) is 35.9 Å². The molecule has 2 unspecified atom stereocenters. The van der Waals surface area contributed by atoms with E-state index in [1.807, 2.05) is 62.9 Å². The van der Waals surface area contributed by atoms with Gasteiger partial charge in [-0.3, -0.25) is 19.4 Å². The normalized spacial score (nSPS) is 29.7. The summed E-state index contributed by atoms with van der Waals surface area (Å²) < 4.78 is 27.4. The second-order valence-corrected chi connectivity index (χ2v) is 13.0. The molecule has 0 radical (unpaired) electrons. The van der Waals surface area contributed by atoms with E-state index in [-0.39, 0.29) is 79.7 Å². The SMILES string of the molecule is CC(C)N1C(=O)N(C(C)C)C2(CC3CCC(C2)N3CC[C@H](NC(=O)C2CCC(F)(F)CC2)c2ccccc2)C1=O. The Morgan fingerprint density at radius 2 is 1.55 bits per heavy atom. The molecule has 4 aliphatic rings. The molecule has 1 aliphatic carbocycles. The van der Waals surface area contributed by atoms with Crippen LogP contribution in [0.15, 0.2) is 30.3 Å². The van der Waals surface area contributed by atoms with Gasteiger partial charge in [-0.2, -0.15) is 0 Å². The van der Waals surface area contributed by atoms with E-state index in [0.717, 1.165) is 24.9 Å². The molecule has 1 aromatic rings. The van der Waals surface area contributed by atoms with Crippen molar-refractivity contribution in [1.29, 1.82) is 0 Å². The lowest BCUT2D eigenvalue weighted by Gasteiger charge is -2.48. The van der Waals surface area contributed by atoms with Crippen LogP contribution in [0.25, 0.3) is 0 Å². The molecule has 0 aromatic heterocycles. The van der Waals surface area contributed by atoms with Gasteiger partial charge in [-0.05, 0) is 78.2 Å². The van der Waals surface area contributed by atoms with Crippen molar-refractivity contribution in [3.63, 3.8) is 0 Å². The molecule has 3 aliphatic heterocycles. The molecule has 2 bridgehead atoms. The highest BCUT2D eigenvalue weighted by Gasteiger charge is 2.63. The average molecular weight is 559 g/mol. The first-order valence-corrected chi connectivity index (χ1v) is 15.1. The Labute approximate surface area is 236 Å². The maximum atomic E-state index is 13.8. The Morgan fingerprint density at radius 1 is 0.950 bits per heavy atom. The van der Waals surface area contributed by atoms with Gasteiger partial charge in [-0.25, -0.2) is 13.6 Å². The number of nitrogens with zero attached hydrogens (tertiary/aromatic N) is 3. The molecule has 1 spiro atoms. The Bertz CT molecular complexity index is 1090. The fourth-order valence-electron chi connectivity index (χ4n) is 7.81. The van der Waals surface area contributed by atoms with Gasteiger partial charge in [0.25, 0.3) is 5.91 Å². The van der Waals surface area contributed by atoms with Gasteiger partial charge in [-0.1, -0.05) is 30.3 Å². The summed E-state index contributed by atoms with van der Waals surface area (Å²) in [6, 6.07) is 9.60. The maximum absolute atomic E-state index is 13.8. The number of hydrogen-bond acceptors (Lipinski definition) is 4. The van der Waals surface area contributed by atoms with Crippen LogP contribution in [0, 0.1) is 5.92 Å². The lowest BCUT2D eigenvalue weighted by atomic mass is 9.80. The lowest BCUT2D eigenvalue weighted by molar-refractivity contribution is -0.139. The topological polar surface area (TPSA) is 73.0 Å². The smallest absolute Gasteiger partial charge is 0.328 e. The zero-order valence-electron chi connectivity index (χ0n) is 24.2. The van der Waals surface area contributed by atoms with Crippen molar-refractivity contribution in [2.75, 3.05) is 6.54 Å². The van der Waals surface area contributed by atoms with Gasteiger partial charge in [-0.15, -0.1) is 0 Å². The quantitative estimate of drug-likeness (QED) is 0.428. The molecule has 9 heteroatoms. The number of amides is 4. The first-order valence-electron chi connectivity index (χ1n) is 15.1. The standard InChI is InChI=1S/C31H44F2N4O3/c1-20(2)36-28(39)30(37(21(3)4)29(36)40)18-24-10-11-25(19-30)35(24)17-14-26(22-8-6-5-7-9-22)34-27(38)23-12-15-31(32,33)16-13-23/h5-9,20-21,23-26H,10-19H2,1-4H3,(H,34,38)/t24?,25?,26-,30?/m0/s1. The first kappa shape index (κ1) is 29.0. The van der Waals surface area contributed by atoms with Crippen molar-refractivity contribution in [1.82, 2.24) is 20.0 Å². The molecular weight excluding hydrogens is 514 g/mol. The molecule has 3 heterocycles. The Balaban J connectivity index is 1.29. The van der Waals surface area contributed by atoms with Gasteiger partial charge in [0.1, 0.15) is 5.54 Å². The minimum absolute atomic E-state index is 0.0507. The largest absolute Gasteiger partial charge is 0.349 e. The molecule has 1 saturated carbocycles. The van der Waals surface area contributed by atoms with Crippen molar-refractivity contribution < 1.29 is 23.2 Å². The average Bonchev–Trinajstić information content (AvgIpc) is 3.26. The summed E-state index contributed by atoms with van der Waals surface area (Å²) in [5, 5.41) is 3.20. The van der Waals surface area contributed by atoms with Gasteiger partial charge in [0.15, 0.2) is 0 Å². The molecule has 4 amide bonds. The van der Waals surface area contributed by atoms with Crippen LogP contribution in [-0.4, -0.2) is 74.7 Å². The summed E-state index contributed by atoms with van der Waals surface area (Å²) in [5.41, 5.74) is 0.224. The Morgan fingerprint density at radius 3 is 2.10 bits per heavy atom. The summed E-state index contributed by atoms with van der Waals surface area (Å²) in [6.07, 6.45) is 3.89. The number of benzene rings is 1. The van der Waals surface area contributed by atoms with Crippen LogP contribution in [0.4, 0.5) is 13.6 Å². The van der Waals surface area contributed by atoms with Crippen molar-refractivity contribution in [3.8, 4) is 0 Å². The van der Waals surface area contributed by atoms with Crippen LogP contribution in [-0.2, 0) is 9.59 Å². The van der Waals surface area contributed by atoms with E-state index in [2.05, 4.69) is 10.2 Å². The monoisotopic (exact) mass is 558 g/mol. The van der Waals surface area contributed by atoms with Gasteiger partial charge in [0, 0.05) is 49.5 Å². The van der Waals surface area contributed by atoms with E-state index in [4.69, 9.17) is 0 Å². The van der Waals surface area contributed by atoms with Crippen LogP contribution in [0.5, 0.6) is 0 Å². The fourth-order valence-corrected chi connectivity index (χ4v) is 7.81. The zero-order chi connectivity index (χ0) is 28.8. The van der Waals surface area contributed by atoms with E-state index < -0.39 is 11.5 Å². The van der Waals surface area contributed by atoms with E-state index in [1.165, 1.54) is 4.90 Å². The Kier molecular flexibility index (Phi) is 7.98. The van der Waals surface area contributed by atoms with Crippen molar-refractivity contribution in [2.24, 2.45) is 5.92 Å². The van der Waals surface area contributed by atoms with Crippen molar-refractivity contribution in [2.45, 2.75) is 127 Å². The van der Waals surface area contributed by atoms with Crippen molar-refractivity contribution >= 4 is 17.8 Å². The molecule has 4 fully saturated rings. The van der Waals surface area contributed by atoms with Crippen LogP contribution in [0.3, 0.4) is 0 Å². The molecule has 220 valence electrons. The van der Waals surface area contributed by atoms with E-state index in [0.29, 0.717) is 19.3 Å². The van der Waals surface area contributed by atoms with Gasteiger partial charge in [0.05, 0.1) is 6.04 Å². The molecule has 3 atom stereocenters. The number of nitrogens with one attached hydrogen (secondary N) is 1. The van der Waals surface area contributed by atoms with E-state index in [1.54, 1.807) is 0 Å². The maximum Gasteiger partial charge on any atom is 0.328 e. The van der Waals surface area contributed by atoms with E-state index in [9.17, 15) is 23.2 Å². The number of rotatable bonds is 8. The number of alkyl halides is 2. The number of carbonyl (C=O) groups excluding carboxylic acids is 3. The third-order valence-corrected chi connectivity index (χ3v) is 9.72. The third kappa shape index (κ3) is 5.26. The number of carbonyl (C=O) groups is 3. The Hall–Kier alpha value is -2.55. The zero-order valence-corrected chi connectivity index (χ0v) is 24.2. The van der Waals surface area contributed by atoms with Crippen LogP contribution >= 0.6 is 0 Å². The number of piperidine rings is 1. The number of imide groups is 1. The summed E-state index contributed by atoms with van der Waals surface area (Å²) in [5.74, 6) is -3.23. The van der Waals surface area contributed by atoms with Gasteiger partial charge in [0.2, 0.25) is 11.8 Å². The molecule has 3 saturated heterocycles. The highest BCUT2D eigenvalue weighted by molar-refractivity contribution is 6.07. The molecule has 5 rings (SSSR count). The third-order valence-electron chi connectivity index (χ3n) is 9.72. The second-order valence-electron chi connectivity index (χ2n) is 13.0. The van der Waals surface area contributed by atoms with Gasteiger partial charge >= 0.3 is 6.03 Å². The number of urea groups is 1. The lowest BCUT2D eigenvalue weighted by Crippen LogP contribution is -2.61. The summed E-state index contributed by atoms with van der Waals surface area (Å²) in [6.45, 7) is 8.53. The first-order chi connectivity index (χ1) is 18.9. The molecule has 1 aromatic carbocycles. The molecule has 7 nitrogen and oxygen atoms in total. The fraction of sp³-hybridized carbons (Fsp3) is 0.710.